The molecule has 2 rings (SSSR count). The number of benzene rings is 2. The first-order valence-electron chi connectivity index (χ1n) is 8.73. The lowest BCUT2D eigenvalue weighted by atomic mass is 10.3. The van der Waals surface area contributed by atoms with E-state index in [2.05, 4.69) is 5.32 Å². The third-order valence-electron chi connectivity index (χ3n) is 3.80. The van der Waals surface area contributed by atoms with Crippen LogP contribution in [0.15, 0.2) is 53.4 Å². The fourth-order valence-corrected chi connectivity index (χ4v) is 4.13. The van der Waals surface area contributed by atoms with E-state index in [1.165, 1.54) is 30.3 Å². The summed E-state index contributed by atoms with van der Waals surface area (Å²) in [6.45, 7) is 3.02. The predicted octanol–water partition coefficient (Wildman–Crippen LogP) is 3.73. The van der Waals surface area contributed by atoms with Crippen LogP contribution in [0, 0.1) is 0 Å². The van der Waals surface area contributed by atoms with E-state index in [1.807, 2.05) is 6.92 Å². The molecule has 0 fully saturated rings. The average molecular weight is 445 g/mol. The van der Waals surface area contributed by atoms with Gasteiger partial charge in [0.15, 0.2) is 0 Å². The van der Waals surface area contributed by atoms with Crippen LogP contribution in [0.25, 0.3) is 0 Å². The van der Waals surface area contributed by atoms with Crippen molar-refractivity contribution in [2.45, 2.75) is 18.2 Å². The molecule has 2 aromatic rings. The molecule has 2 aromatic carbocycles. The van der Waals surface area contributed by atoms with Gasteiger partial charge in [0.2, 0.25) is 5.91 Å². The number of hydrogen-bond acceptors (Lipinski definition) is 4. The number of carbonyl (C=O) groups excluding carboxylic acids is 1. The van der Waals surface area contributed by atoms with Crippen LogP contribution in [-0.4, -0.2) is 40.6 Å². The molecule has 0 saturated carbocycles. The topological polar surface area (TPSA) is 75.7 Å². The standard InChI is InChI=1S/C19H22Cl2N2O4S/c1-2-27-12-6-11-22-19(24)14-23(15-9-10-17(20)18(21)13-15)28(25,26)16-7-4-3-5-8-16/h3-5,7-10,13H,2,6,11-12,14H2,1H3,(H,22,24). The lowest BCUT2D eigenvalue weighted by Crippen LogP contribution is -2.41. The highest BCUT2D eigenvalue weighted by molar-refractivity contribution is 7.92. The first-order chi connectivity index (χ1) is 13.4. The maximum atomic E-state index is 13.1. The van der Waals surface area contributed by atoms with E-state index < -0.39 is 15.9 Å². The van der Waals surface area contributed by atoms with Gasteiger partial charge in [-0.2, -0.15) is 0 Å². The molecular formula is C19H22Cl2N2O4S. The maximum absolute atomic E-state index is 13.1. The first-order valence-corrected chi connectivity index (χ1v) is 10.9. The summed E-state index contributed by atoms with van der Waals surface area (Å²) in [7, 11) is -3.97. The van der Waals surface area contributed by atoms with Crippen LogP contribution in [0.2, 0.25) is 10.0 Å². The van der Waals surface area contributed by atoms with Gasteiger partial charge in [-0.25, -0.2) is 8.42 Å². The lowest BCUT2D eigenvalue weighted by Gasteiger charge is -2.24. The molecule has 0 aliphatic carbocycles. The molecule has 1 N–H and O–H groups in total. The zero-order valence-electron chi connectivity index (χ0n) is 15.4. The van der Waals surface area contributed by atoms with E-state index in [-0.39, 0.29) is 22.2 Å². The van der Waals surface area contributed by atoms with Crippen molar-refractivity contribution in [1.82, 2.24) is 5.32 Å². The third kappa shape index (κ3) is 6.10. The molecule has 0 saturated heterocycles. The number of ether oxygens (including phenoxy) is 1. The van der Waals surface area contributed by atoms with Gasteiger partial charge in [0, 0.05) is 19.8 Å². The van der Waals surface area contributed by atoms with Gasteiger partial charge in [-0.1, -0.05) is 41.4 Å². The SMILES string of the molecule is CCOCCCNC(=O)CN(c1ccc(Cl)c(Cl)c1)S(=O)(=O)c1ccccc1. The van der Waals surface area contributed by atoms with Crippen molar-refractivity contribution >= 4 is 44.8 Å². The predicted molar refractivity (Wildman–Crippen MR) is 112 cm³/mol. The quantitative estimate of drug-likeness (QED) is 0.566. The molecule has 0 spiro atoms. The molecule has 9 heteroatoms. The zero-order valence-corrected chi connectivity index (χ0v) is 17.7. The Morgan fingerprint density at radius 3 is 2.46 bits per heavy atom. The van der Waals surface area contributed by atoms with E-state index in [0.717, 1.165) is 4.31 Å². The van der Waals surface area contributed by atoms with Crippen molar-refractivity contribution in [3.8, 4) is 0 Å². The highest BCUT2D eigenvalue weighted by Gasteiger charge is 2.27. The number of amides is 1. The molecule has 1 amide bonds. The summed E-state index contributed by atoms with van der Waals surface area (Å²) in [5.74, 6) is -0.429. The van der Waals surface area contributed by atoms with Crippen LogP contribution in [0.1, 0.15) is 13.3 Å². The summed E-state index contributed by atoms with van der Waals surface area (Å²) in [4.78, 5) is 12.4. The molecule has 0 unspecified atom stereocenters. The number of sulfonamides is 1. The van der Waals surface area contributed by atoms with E-state index in [0.29, 0.717) is 31.2 Å². The molecule has 0 heterocycles. The molecule has 0 atom stereocenters. The summed E-state index contributed by atoms with van der Waals surface area (Å²) in [6.07, 6.45) is 0.637. The van der Waals surface area contributed by atoms with Crippen molar-refractivity contribution in [2.24, 2.45) is 0 Å². The second-order valence-corrected chi connectivity index (χ2v) is 8.50. The second kappa shape index (κ2) is 10.7. The largest absolute Gasteiger partial charge is 0.382 e. The van der Waals surface area contributed by atoms with Crippen molar-refractivity contribution in [2.75, 3.05) is 30.6 Å². The van der Waals surface area contributed by atoms with Crippen LogP contribution in [0.4, 0.5) is 5.69 Å². The van der Waals surface area contributed by atoms with Gasteiger partial charge in [-0.15, -0.1) is 0 Å². The molecule has 0 bridgehead atoms. The Hall–Kier alpha value is -1.80. The van der Waals surface area contributed by atoms with E-state index in [1.54, 1.807) is 18.2 Å². The van der Waals surface area contributed by atoms with Crippen LogP contribution < -0.4 is 9.62 Å². The highest BCUT2D eigenvalue weighted by atomic mass is 35.5. The molecular weight excluding hydrogens is 423 g/mol. The molecule has 28 heavy (non-hydrogen) atoms. The normalized spacial score (nSPS) is 11.2. The summed E-state index contributed by atoms with van der Waals surface area (Å²) < 4.78 is 32.5. The number of rotatable bonds is 10. The van der Waals surface area contributed by atoms with Crippen molar-refractivity contribution < 1.29 is 17.9 Å². The van der Waals surface area contributed by atoms with E-state index >= 15 is 0 Å². The monoisotopic (exact) mass is 444 g/mol. The minimum Gasteiger partial charge on any atom is -0.382 e. The molecule has 6 nitrogen and oxygen atoms in total. The lowest BCUT2D eigenvalue weighted by molar-refractivity contribution is -0.119. The van der Waals surface area contributed by atoms with Gasteiger partial charge in [0.1, 0.15) is 6.54 Å². The molecule has 0 radical (unpaired) electrons. The van der Waals surface area contributed by atoms with Crippen LogP contribution >= 0.6 is 23.2 Å². The fraction of sp³-hybridized carbons (Fsp3) is 0.316. The number of hydrogen-bond donors (Lipinski definition) is 1. The highest BCUT2D eigenvalue weighted by Crippen LogP contribution is 2.30. The van der Waals surface area contributed by atoms with Gasteiger partial charge in [0.25, 0.3) is 10.0 Å². The summed E-state index contributed by atoms with van der Waals surface area (Å²) >= 11 is 12.0. The summed E-state index contributed by atoms with van der Waals surface area (Å²) in [5, 5.41) is 3.20. The summed E-state index contributed by atoms with van der Waals surface area (Å²) in [5.41, 5.74) is 0.253. The van der Waals surface area contributed by atoms with Crippen molar-refractivity contribution in [3.05, 3.63) is 58.6 Å². The van der Waals surface area contributed by atoms with Gasteiger partial charge >= 0.3 is 0 Å². The minimum absolute atomic E-state index is 0.0743. The number of carbonyl (C=O) groups is 1. The summed E-state index contributed by atoms with van der Waals surface area (Å²) in [6, 6.07) is 12.3. The van der Waals surface area contributed by atoms with Gasteiger partial charge in [0.05, 0.1) is 20.6 Å². The Morgan fingerprint density at radius 2 is 1.82 bits per heavy atom. The number of nitrogens with zero attached hydrogens (tertiary/aromatic N) is 1. The Morgan fingerprint density at radius 1 is 1.11 bits per heavy atom. The number of halogens is 2. The van der Waals surface area contributed by atoms with Gasteiger partial charge < -0.3 is 10.1 Å². The molecule has 0 aliphatic heterocycles. The Kier molecular flexibility index (Phi) is 8.57. The van der Waals surface area contributed by atoms with Gasteiger partial charge in [-0.3, -0.25) is 9.10 Å². The van der Waals surface area contributed by atoms with Crippen LogP contribution in [0.5, 0.6) is 0 Å². The second-order valence-electron chi connectivity index (χ2n) is 5.82. The first kappa shape index (κ1) is 22.5. The molecule has 152 valence electrons. The van der Waals surface area contributed by atoms with Crippen LogP contribution in [0.3, 0.4) is 0 Å². The molecule has 0 aliphatic rings. The van der Waals surface area contributed by atoms with E-state index in [4.69, 9.17) is 27.9 Å². The Bertz CT molecular complexity index is 892. The fourth-order valence-electron chi connectivity index (χ4n) is 2.41. The van der Waals surface area contributed by atoms with Gasteiger partial charge in [-0.05, 0) is 43.7 Å². The third-order valence-corrected chi connectivity index (χ3v) is 6.33. The number of nitrogens with one attached hydrogen (secondary N) is 1. The average Bonchev–Trinajstić information content (AvgIpc) is 2.69. The Labute approximate surface area is 175 Å². The van der Waals surface area contributed by atoms with Crippen molar-refractivity contribution in [1.29, 1.82) is 0 Å². The number of anilines is 1. The zero-order chi connectivity index (χ0) is 20.6. The maximum Gasteiger partial charge on any atom is 0.264 e. The van der Waals surface area contributed by atoms with E-state index in [9.17, 15) is 13.2 Å². The minimum atomic E-state index is -3.97. The molecule has 0 aromatic heterocycles. The smallest absolute Gasteiger partial charge is 0.264 e. The Balaban J connectivity index is 2.24. The van der Waals surface area contributed by atoms with Crippen LogP contribution in [-0.2, 0) is 19.6 Å². The van der Waals surface area contributed by atoms with Crippen molar-refractivity contribution in [3.63, 3.8) is 0 Å².